The van der Waals surface area contributed by atoms with E-state index >= 15 is 0 Å². The Morgan fingerprint density at radius 2 is 2.15 bits per heavy atom. The maximum atomic E-state index is 12.6. The van der Waals surface area contributed by atoms with Crippen LogP contribution >= 0.6 is 0 Å². The van der Waals surface area contributed by atoms with Gasteiger partial charge in [0, 0.05) is 5.69 Å². The Morgan fingerprint density at radius 3 is 2.81 bits per heavy atom. The molecule has 1 aliphatic rings. The van der Waals surface area contributed by atoms with E-state index in [2.05, 4.69) is 16.3 Å². The number of nitrogens with one attached hydrogen (secondary N) is 1. The van der Waals surface area contributed by atoms with Crippen molar-refractivity contribution < 1.29 is 4.79 Å². The second-order valence-corrected chi connectivity index (χ2v) is 6.19. The lowest BCUT2D eigenvalue weighted by Crippen LogP contribution is -2.47. The molecule has 1 amide bonds. The molecule has 1 atom stereocenters. The van der Waals surface area contributed by atoms with Gasteiger partial charge in [-0.25, -0.2) is 4.68 Å². The molecule has 3 rings (SSSR count). The van der Waals surface area contributed by atoms with Gasteiger partial charge < -0.3 is 11.1 Å². The van der Waals surface area contributed by atoms with Crippen molar-refractivity contribution in [1.29, 1.82) is 5.26 Å². The van der Waals surface area contributed by atoms with Crippen LogP contribution in [0.15, 0.2) is 30.5 Å². The Bertz CT molecular complexity index is 871. The number of nitriles is 1. The molecule has 1 fully saturated rings. The lowest BCUT2D eigenvalue weighted by molar-refractivity contribution is -0.122. The number of hydrogen-bond acceptors (Lipinski definition) is 5. The van der Waals surface area contributed by atoms with E-state index in [-0.39, 0.29) is 17.8 Å². The standard InChI is InChI=1S/C19H20N6O/c1-2-10-24-11-4-3-5-17(24)19(26)23-15-6-8-16(9-7-15)25-18(21)14(12-20)13-22-25/h1,6-9,13,17H,3-5,10-11,21H2,(H,23,26)/t17-/m1/s1. The van der Waals surface area contributed by atoms with E-state index in [1.807, 2.05) is 11.0 Å². The summed E-state index contributed by atoms with van der Waals surface area (Å²) >= 11 is 0. The van der Waals surface area contributed by atoms with Crippen molar-refractivity contribution in [3.8, 4) is 24.1 Å². The summed E-state index contributed by atoms with van der Waals surface area (Å²) in [5.41, 5.74) is 7.63. The second-order valence-electron chi connectivity index (χ2n) is 6.19. The summed E-state index contributed by atoms with van der Waals surface area (Å²) in [5.74, 6) is 2.87. The van der Waals surface area contributed by atoms with Gasteiger partial charge >= 0.3 is 0 Å². The highest BCUT2D eigenvalue weighted by Crippen LogP contribution is 2.21. The van der Waals surface area contributed by atoms with Gasteiger partial charge in [0.1, 0.15) is 17.5 Å². The summed E-state index contributed by atoms with van der Waals surface area (Å²) in [4.78, 5) is 14.7. The first-order valence-corrected chi connectivity index (χ1v) is 8.46. The van der Waals surface area contributed by atoms with Gasteiger partial charge in [-0.3, -0.25) is 9.69 Å². The number of nitrogens with zero attached hydrogens (tertiary/aromatic N) is 4. The van der Waals surface area contributed by atoms with Crippen molar-refractivity contribution in [3.63, 3.8) is 0 Å². The molecular weight excluding hydrogens is 328 g/mol. The van der Waals surface area contributed by atoms with E-state index in [4.69, 9.17) is 17.4 Å². The summed E-state index contributed by atoms with van der Waals surface area (Å²) < 4.78 is 1.49. The molecule has 0 unspecified atom stereocenters. The third kappa shape index (κ3) is 3.53. The maximum absolute atomic E-state index is 12.6. The van der Waals surface area contributed by atoms with Crippen LogP contribution < -0.4 is 11.1 Å². The van der Waals surface area contributed by atoms with Gasteiger partial charge in [0.05, 0.1) is 24.5 Å². The zero-order chi connectivity index (χ0) is 18.5. The maximum Gasteiger partial charge on any atom is 0.241 e. The number of terminal acetylenes is 1. The zero-order valence-electron chi connectivity index (χ0n) is 14.4. The van der Waals surface area contributed by atoms with Gasteiger partial charge in [0.2, 0.25) is 5.91 Å². The molecule has 1 aliphatic heterocycles. The summed E-state index contributed by atoms with van der Waals surface area (Å²) in [6.45, 7) is 1.33. The van der Waals surface area contributed by atoms with Crippen molar-refractivity contribution in [3.05, 3.63) is 36.0 Å². The second kappa shape index (κ2) is 7.73. The molecule has 2 heterocycles. The highest BCUT2D eigenvalue weighted by molar-refractivity contribution is 5.95. The molecule has 0 saturated carbocycles. The van der Waals surface area contributed by atoms with Crippen molar-refractivity contribution in [2.45, 2.75) is 25.3 Å². The van der Waals surface area contributed by atoms with Crippen LogP contribution in [-0.4, -0.2) is 39.7 Å². The van der Waals surface area contributed by atoms with E-state index in [9.17, 15) is 4.79 Å². The first kappa shape index (κ1) is 17.5. The van der Waals surface area contributed by atoms with E-state index in [0.717, 1.165) is 25.8 Å². The van der Waals surface area contributed by atoms with Crippen molar-refractivity contribution in [2.24, 2.45) is 0 Å². The SMILES string of the molecule is C#CCN1CCCC[C@@H]1C(=O)Nc1ccc(-n2ncc(C#N)c2N)cc1. The molecule has 1 aromatic heterocycles. The van der Waals surface area contributed by atoms with Gasteiger partial charge in [-0.2, -0.15) is 10.4 Å². The topological polar surface area (TPSA) is 100.0 Å². The van der Waals surface area contributed by atoms with Crippen LogP contribution in [0.5, 0.6) is 0 Å². The fourth-order valence-corrected chi connectivity index (χ4v) is 3.16. The Labute approximate surface area is 152 Å². The largest absolute Gasteiger partial charge is 0.382 e. The number of rotatable bonds is 4. The number of hydrogen-bond donors (Lipinski definition) is 2. The molecule has 7 heteroatoms. The summed E-state index contributed by atoms with van der Waals surface area (Å²) in [6.07, 6.45) is 9.74. The highest BCUT2D eigenvalue weighted by atomic mass is 16.2. The molecule has 3 N–H and O–H groups in total. The summed E-state index contributed by atoms with van der Waals surface area (Å²) in [6, 6.07) is 8.95. The number of carbonyl (C=O) groups is 1. The zero-order valence-corrected chi connectivity index (χ0v) is 14.4. The molecule has 1 saturated heterocycles. The number of benzene rings is 1. The number of piperidine rings is 1. The number of anilines is 2. The van der Waals surface area contributed by atoms with E-state index in [1.54, 1.807) is 24.3 Å². The molecule has 0 radical (unpaired) electrons. The van der Waals surface area contributed by atoms with Crippen LogP contribution in [0.4, 0.5) is 11.5 Å². The Morgan fingerprint density at radius 1 is 1.38 bits per heavy atom. The predicted molar refractivity (Wildman–Crippen MR) is 99.4 cm³/mol. The number of aromatic nitrogens is 2. The van der Waals surface area contributed by atoms with Gasteiger partial charge in [-0.05, 0) is 43.7 Å². The van der Waals surface area contributed by atoms with Crippen LogP contribution in [0.2, 0.25) is 0 Å². The van der Waals surface area contributed by atoms with E-state index in [0.29, 0.717) is 23.5 Å². The molecule has 132 valence electrons. The predicted octanol–water partition coefficient (Wildman–Crippen LogP) is 1.75. The molecule has 26 heavy (non-hydrogen) atoms. The lowest BCUT2D eigenvalue weighted by atomic mass is 10.0. The van der Waals surface area contributed by atoms with Gasteiger partial charge in [-0.15, -0.1) is 6.42 Å². The normalized spacial score (nSPS) is 17.2. The van der Waals surface area contributed by atoms with E-state index in [1.165, 1.54) is 10.9 Å². The fourth-order valence-electron chi connectivity index (χ4n) is 3.16. The van der Waals surface area contributed by atoms with Crippen molar-refractivity contribution in [2.75, 3.05) is 24.1 Å². The number of amides is 1. The lowest BCUT2D eigenvalue weighted by Gasteiger charge is -2.33. The minimum atomic E-state index is -0.195. The van der Waals surface area contributed by atoms with Gasteiger partial charge in [-0.1, -0.05) is 12.3 Å². The third-order valence-corrected chi connectivity index (χ3v) is 4.52. The molecule has 1 aromatic carbocycles. The van der Waals surface area contributed by atoms with Gasteiger partial charge in [0.15, 0.2) is 0 Å². The first-order valence-electron chi connectivity index (χ1n) is 8.46. The van der Waals surface area contributed by atoms with Crippen LogP contribution in [0.25, 0.3) is 5.69 Å². The molecule has 0 aliphatic carbocycles. The number of nitrogens with two attached hydrogens (primary N) is 1. The molecule has 0 bridgehead atoms. The van der Waals surface area contributed by atoms with Crippen molar-refractivity contribution in [1.82, 2.24) is 14.7 Å². The Hall–Kier alpha value is -3.29. The number of nitrogen functional groups attached to an aromatic ring is 1. The minimum Gasteiger partial charge on any atom is -0.382 e. The molecule has 2 aromatic rings. The van der Waals surface area contributed by atoms with Crippen LogP contribution in [0, 0.1) is 23.7 Å². The Balaban J connectivity index is 1.71. The van der Waals surface area contributed by atoms with Crippen LogP contribution in [0.3, 0.4) is 0 Å². The molecular formula is C19H20N6O. The average Bonchev–Trinajstić information content (AvgIpc) is 3.03. The third-order valence-electron chi connectivity index (χ3n) is 4.52. The summed E-state index contributed by atoms with van der Waals surface area (Å²) in [7, 11) is 0. The quantitative estimate of drug-likeness (QED) is 0.820. The van der Waals surface area contributed by atoms with Crippen LogP contribution in [-0.2, 0) is 4.79 Å². The molecule has 7 nitrogen and oxygen atoms in total. The Kier molecular flexibility index (Phi) is 5.21. The van der Waals surface area contributed by atoms with Crippen LogP contribution in [0.1, 0.15) is 24.8 Å². The number of likely N-dealkylation sites (tertiary alicyclic amines) is 1. The molecule has 0 spiro atoms. The minimum absolute atomic E-state index is 0.0435. The monoisotopic (exact) mass is 348 g/mol. The highest BCUT2D eigenvalue weighted by Gasteiger charge is 2.28. The van der Waals surface area contributed by atoms with E-state index < -0.39 is 0 Å². The van der Waals surface area contributed by atoms with Gasteiger partial charge in [0.25, 0.3) is 0 Å². The smallest absolute Gasteiger partial charge is 0.241 e. The summed E-state index contributed by atoms with van der Waals surface area (Å²) in [5, 5.41) is 16.0. The number of carbonyl (C=O) groups excluding carboxylic acids is 1. The average molecular weight is 348 g/mol. The van der Waals surface area contributed by atoms with Crippen molar-refractivity contribution >= 4 is 17.4 Å². The first-order chi connectivity index (χ1) is 12.6. The fraction of sp³-hybridized carbons (Fsp3) is 0.316.